The molecule has 10 aromatic rings. The number of hydrogen-bond donors (Lipinski definition) is 0. The summed E-state index contributed by atoms with van der Waals surface area (Å²) in [5, 5.41) is 8.00. The summed E-state index contributed by atoms with van der Waals surface area (Å²) < 4.78 is 5.15. The summed E-state index contributed by atoms with van der Waals surface area (Å²) in [4.78, 5) is 8.95. The van der Waals surface area contributed by atoms with Gasteiger partial charge >= 0.3 is 0 Å². The van der Waals surface area contributed by atoms with Crippen molar-refractivity contribution >= 4 is 69.6 Å². The molecule has 1 radical (unpaired) electrons. The van der Waals surface area contributed by atoms with Crippen LogP contribution in [0.1, 0.15) is 31.9 Å². The average Bonchev–Trinajstić information content (AvgIpc) is 3.78. The molecule has 0 spiro atoms. The minimum Gasteiger partial charge on any atom is -0.350 e. The maximum Gasteiger partial charge on any atom is 0.0524 e. The maximum atomic E-state index is 4.74. The molecule has 5 aromatic carbocycles. The summed E-state index contributed by atoms with van der Waals surface area (Å²) in [5.41, 5.74) is 10.5. The second-order valence-electron chi connectivity index (χ2n) is 13.8. The van der Waals surface area contributed by atoms with Crippen LogP contribution in [0.5, 0.6) is 0 Å². The van der Waals surface area contributed by atoms with Gasteiger partial charge in [0.15, 0.2) is 0 Å². The van der Waals surface area contributed by atoms with Gasteiger partial charge in [0, 0.05) is 69.0 Å². The van der Waals surface area contributed by atoms with Gasteiger partial charge in [0.2, 0.25) is 0 Å². The van der Waals surface area contributed by atoms with E-state index in [1.165, 1.54) is 69.4 Å². The van der Waals surface area contributed by atoms with Crippen molar-refractivity contribution in [3.8, 4) is 22.5 Å². The Morgan fingerprint density at radius 2 is 1.44 bits per heavy atom. The van der Waals surface area contributed by atoms with Crippen molar-refractivity contribution in [2.45, 2.75) is 33.1 Å². The van der Waals surface area contributed by atoms with Crippen LogP contribution in [-0.4, -0.2) is 14.4 Å². The zero-order valence-electron chi connectivity index (χ0n) is 28.2. The van der Waals surface area contributed by atoms with Crippen LogP contribution in [0.15, 0.2) is 128 Å². The Morgan fingerprint density at radius 1 is 0.620 bits per heavy atom. The molecule has 0 aliphatic heterocycles. The van der Waals surface area contributed by atoms with Crippen molar-refractivity contribution in [3.05, 3.63) is 151 Å². The van der Waals surface area contributed by atoms with E-state index in [2.05, 4.69) is 122 Å². The molecular weight excluding hydrogens is 807 g/mol. The van der Waals surface area contributed by atoms with Crippen LogP contribution >= 0.6 is 11.3 Å². The van der Waals surface area contributed by atoms with Gasteiger partial charge in [-0.2, -0.15) is 0 Å². The first-order chi connectivity index (χ1) is 23.8. The molecule has 0 unspecified atom stereocenters. The molecule has 10 rings (SSSR count). The Morgan fingerprint density at radius 3 is 2.24 bits per heavy atom. The van der Waals surface area contributed by atoms with Gasteiger partial charge in [-0.05, 0) is 76.6 Å². The first-order valence-electron chi connectivity index (χ1n) is 16.7. The van der Waals surface area contributed by atoms with E-state index < -0.39 is 0 Å². The zero-order valence-corrected chi connectivity index (χ0v) is 31.4. The second kappa shape index (κ2) is 12.4. The molecular formula is C45H33IrN3S-2. The van der Waals surface area contributed by atoms with E-state index >= 15 is 0 Å². The van der Waals surface area contributed by atoms with E-state index in [1.54, 1.807) is 6.20 Å². The average molecular weight is 840 g/mol. The van der Waals surface area contributed by atoms with Gasteiger partial charge in [-0.1, -0.05) is 74.2 Å². The quantitative estimate of drug-likeness (QED) is 0.162. The molecule has 0 saturated heterocycles. The number of aromatic nitrogens is 3. The summed E-state index contributed by atoms with van der Waals surface area (Å²) in [7, 11) is 0. The number of hydrogen-bond acceptors (Lipinski definition) is 3. The van der Waals surface area contributed by atoms with Crippen molar-refractivity contribution < 1.29 is 20.1 Å². The predicted molar refractivity (Wildman–Crippen MR) is 208 cm³/mol. The van der Waals surface area contributed by atoms with E-state index in [1.807, 2.05) is 60.0 Å². The van der Waals surface area contributed by atoms with Crippen LogP contribution in [-0.2, 0) is 25.5 Å². The van der Waals surface area contributed by atoms with Crippen molar-refractivity contribution in [1.82, 2.24) is 14.4 Å². The Labute approximate surface area is 308 Å². The third-order valence-corrected chi connectivity index (χ3v) is 10.7. The summed E-state index contributed by atoms with van der Waals surface area (Å²) in [5.74, 6) is 0. The number of aryl methyl sites for hydroxylation is 1. The molecule has 0 atom stereocenters. The van der Waals surface area contributed by atoms with Crippen LogP contribution in [0.4, 0.5) is 0 Å². The number of rotatable bonds is 2. The van der Waals surface area contributed by atoms with Crippen LogP contribution < -0.4 is 0 Å². The SMILES string of the molecule is Cc1ccc2c(c1)c1c3c(cc4c5cc(-c6cc(C(C)(C)C)ccn6)[c-]cc5n2c41)sc1ccccc13.[Ir].[c-]1ccccc1-c1ccccn1. The molecule has 0 bridgehead atoms. The standard InChI is InChI=1S/C34H25N2S.C11H8N.Ir/c1-19-9-11-28-25(15-19)32-31-22-7-5-6-8-29(22)37-30(31)18-24-23-16-20(10-12-27(23)36(28)33(24)32)26-17-21(13-14-35-26)34(2,3)4;1-2-6-10(7-3-1)11-8-4-5-9-12-11;/h5-9,11-18H,1-4H3;1-6,8-9H;/q2*-1;. The third-order valence-electron chi connectivity index (χ3n) is 9.54. The fourth-order valence-electron chi connectivity index (χ4n) is 7.14. The fourth-order valence-corrected chi connectivity index (χ4v) is 8.30. The molecule has 5 aromatic heterocycles. The first kappa shape index (κ1) is 32.3. The van der Waals surface area contributed by atoms with Gasteiger partial charge in [-0.15, -0.1) is 71.0 Å². The normalized spacial score (nSPS) is 11.8. The van der Waals surface area contributed by atoms with Gasteiger partial charge in [0.05, 0.1) is 5.52 Å². The molecule has 5 heteroatoms. The first-order valence-corrected chi connectivity index (χ1v) is 17.5. The van der Waals surface area contributed by atoms with Gasteiger partial charge < -0.3 is 14.4 Å². The topological polar surface area (TPSA) is 30.2 Å². The summed E-state index contributed by atoms with van der Waals surface area (Å²) in [6.45, 7) is 8.93. The van der Waals surface area contributed by atoms with Gasteiger partial charge in [0.1, 0.15) is 0 Å². The van der Waals surface area contributed by atoms with Gasteiger partial charge in [-0.3, -0.25) is 0 Å². The van der Waals surface area contributed by atoms with E-state index in [4.69, 9.17) is 4.98 Å². The molecule has 245 valence electrons. The Kier molecular flexibility index (Phi) is 8.03. The molecule has 0 amide bonds. The van der Waals surface area contributed by atoms with E-state index in [9.17, 15) is 0 Å². The van der Waals surface area contributed by atoms with Crippen LogP contribution in [0.2, 0.25) is 0 Å². The largest absolute Gasteiger partial charge is 0.350 e. The Hall–Kier alpha value is -4.93. The Balaban J connectivity index is 0.000000236. The molecule has 3 nitrogen and oxygen atoms in total. The molecule has 0 aliphatic carbocycles. The van der Waals surface area contributed by atoms with Crippen molar-refractivity contribution in [2.75, 3.05) is 0 Å². The summed E-state index contributed by atoms with van der Waals surface area (Å²) >= 11 is 1.90. The molecule has 50 heavy (non-hydrogen) atoms. The fraction of sp³-hybridized carbons (Fsp3) is 0.111. The molecule has 5 heterocycles. The minimum absolute atomic E-state index is 0. The second-order valence-corrected chi connectivity index (χ2v) is 14.9. The smallest absolute Gasteiger partial charge is 0.0524 e. The predicted octanol–water partition coefficient (Wildman–Crippen LogP) is 12.2. The maximum absolute atomic E-state index is 4.74. The molecule has 0 saturated carbocycles. The molecule has 0 fully saturated rings. The van der Waals surface area contributed by atoms with Gasteiger partial charge in [0.25, 0.3) is 0 Å². The monoisotopic (exact) mass is 840 g/mol. The molecule has 0 N–H and O–H groups in total. The number of nitrogens with zero attached hydrogens (tertiary/aromatic N) is 3. The van der Waals surface area contributed by atoms with Crippen LogP contribution in [0, 0.1) is 19.1 Å². The summed E-state index contributed by atoms with van der Waals surface area (Å²) in [6, 6.07) is 47.3. The van der Waals surface area contributed by atoms with E-state index in [-0.39, 0.29) is 25.5 Å². The van der Waals surface area contributed by atoms with Crippen LogP contribution in [0.3, 0.4) is 0 Å². The number of thiophene rings is 1. The van der Waals surface area contributed by atoms with Crippen LogP contribution in [0.25, 0.3) is 80.8 Å². The zero-order chi connectivity index (χ0) is 33.3. The molecule has 0 aliphatic rings. The minimum atomic E-state index is 0. The van der Waals surface area contributed by atoms with Crippen molar-refractivity contribution in [3.63, 3.8) is 0 Å². The number of fused-ring (bicyclic) bond motifs is 10. The Bertz CT molecular complexity index is 2770. The number of benzene rings is 5. The van der Waals surface area contributed by atoms with E-state index in [0.717, 1.165) is 22.5 Å². The van der Waals surface area contributed by atoms with Gasteiger partial charge in [-0.25, -0.2) is 0 Å². The van der Waals surface area contributed by atoms with Crippen molar-refractivity contribution in [1.29, 1.82) is 0 Å². The van der Waals surface area contributed by atoms with E-state index in [0.29, 0.717) is 0 Å². The third kappa shape index (κ3) is 5.29. The van der Waals surface area contributed by atoms with Crippen molar-refractivity contribution in [2.24, 2.45) is 0 Å². The number of pyridine rings is 2. The summed E-state index contributed by atoms with van der Waals surface area (Å²) in [6.07, 6.45) is 3.72.